The quantitative estimate of drug-likeness (QED) is 0.334. The number of carbonyl (C=O) groups is 2. The maximum absolute atomic E-state index is 11.0. The highest BCUT2D eigenvalue weighted by Gasteiger charge is 2.04. The fraction of sp³-hybridized carbons (Fsp3) is 0.231. The summed E-state index contributed by atoms with van der Waals surface area (Å²) in [6, 6.07) is 4.77. The van der Waals surface area contributed by atoms with Crippen molar-refractivity contribution in [3.8, 4) is 11.5 Å². The van der Waals surface area contributed by atoms with Crippen molar-refractivity contribution >= 4 is 12.3 Å². The Morgan fingerprint density at radius 3 is 2.78 bits per heavy atom. The van der Waals surface area contributed by atoms with Crippen molar-refractivity contribution in [3.63, 3.8) is 0 Å². The fourth-order valence-electron chi connectivity index (χ4n) is 1.19. The van der Waals surface area contributed by atoms with Gasteiger partial charge in [0.05, 0.1) is 31.6 Å². The van der Waals surface area contributed by atoms with Crippen LogP contribution in [0.25, 0.3) is 0 Å². The number of hydrogen-bond donors (Lipinski definition) is 0. The minimum atomic E-state index is -0.506. The molecule has 0 saturated carbocycles. The zero-order chi connectivity index (χ0) is 13.4. The molecule has 5 nitrogen and oxygen atoms in total. The highest BCUT2D eigenvalue weighted by molar-refractivity contribution is 5.82. The molecule has 96 valence electrons. The van der Waals surface area contributed by atoms with Crippen molar-refractivity contribution in [2.75, 3.05) is 13.7 Å². The molecule has 0 aliphatic rings. The van der Waals surface area contributed by atoms with E-state index in [1.807, 2.05) is 0 Å². The summed E-state index contributed by atoms with van der Waals surface area (Å²) < 4.78 is 14.9. The predicted molar refractivity (Wildman–Crippen MR) is 64.8 cm³/mol. The Labute approximate surface area is 105 Å². The van der Waals surface area contributed by atoms with Gasteiger partial charge in [0.25, 0.3) is 0 Å². The Bertz CT molecular complexity index is 451. The summed E-state index contributed by atoms with van der Waals surface area (Å²) in [5, 5.41) is 0. The van der Waals surface area contributed by atoms with Crippen LogP contribution in [0.2, 0.25) is 0 Å². The molecule has 0 fully saturated rings. The van der Waals surface area contributed by atoms with Crippen molar-refractivity contribution in [3.05, 3.63) is 36.1 Å². The Balaban J connectivity index is 2.76. The normalized spacial score (nSPS) is 10.1. The summed E-state index contributed by atoms with van der Waals surface area (Å²) in [5.41, 5.74) is 0.365. The average molecular weight is 250 g/mol. The number of carbonyl (C=O) groups excluding carboxylic acids is 2. The van der Waals surface area contributed by atoms with Crippen molar-refractivity contribution in [2.45, 2.75) is 6.92 Å². The third-order valence-electron chi connectivity index (χ3n) is 2.03. The Hall–Kier alpha value is -2.30. The van der Waals surface area contributed by atoms with Crippen LogP contribution < -0.4 is 9.47 Å². The summed E-state index contributed by atoms with van der Waals surface area (Å²) in [5.74, 6) is 0.359. The molecule has 0 amide bonds. The summed E-state index contributed by atoms with van der Waals surface area (Å²) in [6.45, 7) is 2.00. The van der Waals surface area contributed by atoms with Crippen LogP contribution in [0.5, 0.6) is 11.5 Å². The fourth-order valence-corrected chi connectivity index (χ4v) is 1.19. The summed E-state index contributed by atoms with van der Waals surface area (Å²) in [4.78, 5) is 21.8. The smallest absolute Gasteiger partial charge is 0.333 e. The van der Waals surface area contributed by atoms with Crippen LogP contribution in [0.3, 0.4) is 0 Å². The number of aldehydes is 1. The highest BCUT2D eigenvalue weighted by Crippen LogP contribution is 2.23. The van der Waals surface area contributed by atoms with Gasteiger partial charge >= 0.3 is 5.97 Å². The molecule has 0 spiro atoms. The van der Waals surface area contributed by atoms with Crippen molar-refractivity contribution in [2.24, 2.45) is 0 Å². The van der Waals surface area contributed by atoms with E-state index in [-0.39, 0.29) is 0 Å². The average Bonchev–Trinajstić information content (AvgIpc) is 2.39. The number of benzene rings is 1. The molecule has 0 saturated heterocycles. The Morgan fingerprint density at radius 1 is 1.39 bits per heavy atom. The molecular weight excluding hydrogens is 236 g/mol. The first-order chi connectivity index (χ1) is 8.71. The van der Waals surface area contributed by atoms with Crippen molar-refractivity contribution in [1.82, 2.24) is 0 Å². The van der Waals surface area contributed by atoms with Gasteiger partial charge < -0.3 is 14.2 Å². The first kappa shape index (κ1) is 13.8. The molecule has 0 aromatic heterocycles. The van der Waals surface area contributed by atoms with Crippen molar-refractivity contribution < 1.29 is 23.8 Å². The lowest BCUT2D eigenvalue weighted by atomic mass is 10.2. The Morgan fingerprint density at radius 2 is 2.17 bits per heavy atom. The van der Waals surface area contributed by atoms with E-state index in [9.17, 15) is 9.59 Å². The van der Waals surface area contributed by atoms with Crippen LogP contribution in [0, 0.1) is 0 Å². The van der Waals surface area contributed by atoms with Crippen LogP contribution >= 0.6 is 0 Å². The molecule has 1 aromatic rings. The van der Waals surface area contributed by atoms with E-state index in [2.05, 4.69) is 4.74 Å². The lowest BCUT2D eigenvalue weighted by Gasteiger charge is -2.06. The van der Waals surface area contributed by atoms with E-state index < -0.39 is 5.97 Å². The summed E-state index contributed by atoms with van der Waals surface area (Å²) in [6.07, 6.45) is 2.96. The molecule has 1 rings (SSSR count). The summed E-state index contributed by atoms with van der Waals surface area (Å²) >= 11 is 0. The van der Waals surface area contributed by atoms with E-state index in [0.717, 1.165) is 6.08 Å². The second-order valence-corrected chi connectivity index (χ2v) is 3.19. The standard InChI is InChI=1S/C13H14O5/c1-3-17-13(15)6-7-18-12-8-11(16-2)5-4-10(12)9-14/h4-9H,3H2,1-2H3/b7-6+. The highest BCUT2D eigenvalue weighted by atomic mass is 16.5. The SMILES string of the molecule is CCOC(=O)/C=C/Oc1cc(OC)ccc1C=O. The third kappa shape index (κ3) is 3.93. The molecule has 0 heterocycles. The molecule has 1 aromatic carbocycles. The molecule has 18 heavy (non-hydrogen) atoms. The van der Waals surface area contributed by atoms with Crippen molar-refractivity contribution in [1.29, 1.82) is 0 Å². The van der Waals surface area contributed by atoms with Crippen LogP contribution in [0.4, 0.5) is 0 Å². The second-order valence-electron chi connectivity index (χ2n) is 3.19. The number of esters is 1. The monoisotopic (exact) mass is 250 g/mol. The van der Waals surface area contributed by atoms with Gasteiger partial charge in [-0.3, -0.25) is 4.79 Å². The first-order valence-corrected chi connectivity index (χ1v) is 5.34. The number of hydrogen-bond acceptors (Lipinski definition) is 5. The molecular formula is C13H14O5. The van der Waals surface area contributed by atoms with Crippen LogP contribution in [-0.2, 0) is 9.53 Å². The zero-order valence-corrected chi connectivity index (χ0v) is 10.2. The van der Waals surface area contributed by atoms with Gasteiger partial charge in [0.15, 0.2) is 6.29 Å². The van der Waals surface area contributed by atoms with E-state index in [1.165, 1.54) is 13.4 Å². The first-order valence-electron chi connectivity index (χ1n) is 5.34. The zero-order valence-electron chi connectivity index (χ0n) is 10.2. The van der Waals surface area contributed by atoms with E-state index in [1.54, 1.807) is 25.1 Å². The molecule has 0 aliphatic carbocycles. The predicted octanol–water partition coefficient (Wildman–Crippen LogP) is 1.96. The lowest BCUT2D eigenvalue weighted by Crippen LogP contribution is -2.00. The number of ether oxygens (including phenoxy) is 3. The number of rotatable bonds is 6. The lowest BCUT2D eigenvalue weighted by molar-refractivity contribution is -0.137. The molecule has 0 bridgehead atoms. The van der Waals surface area contributed by atoms with Gasteiger partial charge in [0, 0.05) is 6.07 Å². The molecule has 5 heteroatoms. The molecule has 0 radical (unpaired) electrons. The molecule has 0 N–H and O–H groups in total. The minimum absolute atomic E-state index is 0.294. The van der Waals surface area contributed by atoms with Gasteiger partial charge in [-0.05, 0) is 19.1 Å². The molecule has 0 unspecified atom stereocenters. The van der Waals surface area contributed by atoms with Gasteiger partial charge in [-0.2, -0.15) is 0 Å². The van der Waals surface area contributed by atoms with Gasteiger partial charge in [-0.25, -0.2) is 4.79 Å². The summed E-state index contributed by atoms with van der Waals surface area (Å²) in [7, 11) is 1.51. The van der Waals surface area contributed by atoms with E-state index >= 15 is 0 Å². The number of methoxy groups -OCH3 is 1. The minimum Gasteiger partial charge on any atom is -0.497 e. The maximum atomic E-state index is 11.0. The van der Waals surface area contributed by atoms with E-state index in [0.29, 0.717) is 30.0 Å². The largest absolute Gasteiger partial charge is 0.497 e. The van der Waals surface area contributed by atoms with Crippen LogP contribution in [-0.4, -0.2) is 26.0 Å². The van der Waals surface area contributed by atoms with Gasteiger partial charge in [-0.1, -0.05) is 0 Å². The Kier molecular flexibility index (Phi) is 5.44. The van der Waals surface area contributed by atoms with E-state index in [4.69, 9.17) is 9.47 Å². The van der Waals surface area contributed by atoms with Crippen LogP contribution in [0.1, 0.15) is 17.3 Å². The molecule has 0 aliphatic heterocycles. The maximum Gasteiger partial charge on any atom is 0.333 e. The van der Waals surface area contributed by atoms with Crippen LogP contribution in [0.15, 0.2) is 30.5 Å². The van der Waals surface area contributed by atoms with Gasteiger partial charge in [0.1, 0.15) is 11.5 Å². The topological polar surface area (TPSA) is 61.8 Å². The third-order valence-corrected chi connectivity index (χ3v) is 2.03. The second kappa shape index (κ2) is 7.11. The van der Waals surface area contributed by atoms with Gasteiger partial charge in [-0.15, -0.1) is 0 Å². The van der Waals surface area contributed by atoms with Gasteiger partial charge in [0.2, 0.25) is 0 Å². The molecule has 0 atom stereocenters.